The van der Waals surface area contributed by atoms with Crippen molar-refractivity contribution in [1.82, 2.24) is 4.90 Å². The second kappa shape index (κ2) is 10.7. The second-order valence-corrected chi connectivity index (χ2v) is 10.0. The fourth-order valence-corrected chi connectivity index (χ4v) is 5.73. The quantitative estimate of drug-likeness (QED) is 0.715. The lowest BCUT2D eigenvalue weighted by Crippen LogP contribution is -2.95. The van der Waals surface area contributed by atoms with Crippen LogP contribution in [0.1, 0.15) is 60.9 Å². The third-order valence-electron chi connectivity index (χ3n) is 7.66. The number of hydrogen-bond donors (Lipinski definition) is 1. The Hall–Kier alpha value is -2.70. The molecule has 1 saturated carbocycles. The number of quaternary nitrogens is 1. The average molecular weight is 463 g/mol. The molecule has 2 aromatic rings. The van der Waals surface area contributed by atoms with E-state index in [1.807, 2.05) is 53.8 Å². The normalized spacial score (nSPS) is 23.3. The van der Waals surface area contributed by atoms with Crippen LogP contribution in [0.4, 0.5) is 5.69 Å². The van der Waals surface area contributed by atoms with Gasteiger partial charge in [0, 0.05) is 18.9 Å². The number of amides is 2. The molecule has 1 aliphatic carbocycles. The number of piperidine rings is 1. The molecule has 34 heavy (non-hydrogen) atoms. The van der Waals surface area contributed by atoms with E-state index in [0.29, 0.717) is 18.5 Å². The first-order valence-electron chi connectivity index (χ1n) is 12.9. The van der Waals surface area contributed by atoms with E-state index in [4.69, 9.17) is 4.74 Å². The van der Waals surface area contributed by atoms with Crippen LogP contribution < -0.4 is 15.0 Å². The molecule has 6 nitrogen and oxygen atoms in total. The predicted molar refractivity (Wildman–Crippen MR) is 132 cm³/mol. The summed E-state index contributed by atoms with van der Waals surface area (Å²) < 4.78 is 5.54. The van der Waals surface area contributed by atoms with Crippen molar-refractivity contribution >= 4 is 17.5 Å². The molecule has 2 N–H and O–H groups in total. The largest absolute Gasteiger partial charge is 0.482 e. The summed E-state index contributed by atoms with van der Waals surface area (Å²) in [7, 11) is 0. The van der Waals surface area contributed by atoms with Crippen LogP contribution in [0.25, 0.3) is 0 Å². The van der Waals surface area contributed by atoms with E-state index in [9.17, 15) is 9.59 Å². The van der Waals surface area contributed by atoms with Crippen LogP contribution in [0, 0.1) is 5.92 Å². The molecule has 2 aromatic carbocycles. The molecule has 2 aliphatic heterocycles. The molecule has 2 heterocycles. The highest BCUT2D eigenvalue weighted by molar-refractivity contribution is 5.97. The van der Waals surface area contributed by atoms with Crippen LogP contribution in [0.15, 0.2) is 48.5 Å². The van der Waals surface area contributed by atoms with Crippen molar-refractivity contribution < 1.29 is 19.6 Å². The minimum Gasteiger partial charge on any atom is -0.482 e. The molecule has 3 aliphatic rings. The zero-order chi connectivity index (χ0) is 23.3. The van der Waals surface area contributed by atoms with Crippen LogP contribution in [-0.4, -0.2) is 49.0 Å². The van der Waals surface area contributed by atoms with Gasteiger partial charge in [-0.05, 0) is 68.6 Å². The molecule has 1 saturated heterocycles. The number of carbonyl (C=O) groups excluding carboxylic acids is 2. The number of ether oxygens (including phenoxy) is 1. The summed E-state index contributed by atoms with van der Waals surface area (Å²) in [5.74, 6) is 1.41. The SMILES string of the molecule is O=C([NH2+]C1CCCC[C@H]1CN1CCCCC1)c1ccc(CN2C(=O)COc3ccccc32)cc1. The first kappa shape index (κ1) is 23.1. The first-order valence-corrected chi connectivity index (χ1v) is 12.9. The average Bonchev–Trinajstić information content (AvgIpc) is 2.88. The van der Waals surface area contributed by atoms with E-state index in [1.165, 1.54) is 51.6 Å². The Kier molecular flexibility index (Phi) is 7.26. The van der Waals surface area contributed by atoms with E-state index in [2.05, 4.69) is 4.90 Å². The highest BCUT2D eigenvalue weighted by atomic mass is 16.5. The van der Waals surface area contributed by atoms with Gasteiger partial charge in [0.2, 0.25) is 0 Å². The maximum absolute atomic E-state index is 13.1. The number of nitrogens with zero attached hydrogens (tertiary/aromatic N) is 2. The molecule has 0 spiro atoms. The Morgan fingerprint density at radius 3 is 2.53 bits per heavy atom. The van der Waals surface area contributed by atoms with Gasteiger partial charge in [0.05, 0.1) is 23.8 Å². The van der Waals surface area contributed by atoms with Crippen molar-refractivity contribution in [2.75, 3.05) is 31.1 Å². The third-order valence-corrected chi connectivity index (χ3v) is 7.66. The molecule has 2 amide bonds. The Morgan fingerprint density at radius 2 is 1.71 bits per heavy atom. The molecule has 1 unspecified atom stereocenters. The molecule has 2 fully saturated rings. The number of anilines is 1. The highest BCUT2D eigenvalue weighted by Gasteiger charge is 2.32. The van der Waals surface area contributed by atoms with Crippen molar-refractivity contribution in [2.24, 2.45) is 5.92 Å². The molecule has 5 rings (SSSR count). The molecular weight excluding hydrogens is 426 g/mol. The monoisotopic (exact) mass is 462 g/mol. The van der Waals surface area contributed by atoms with Crippen molar-refractivity contribution in [3.8, 4) is 5.75 Å². The second-order valence-electron chi connectivity index (χ2n) is 10.0. The number of likely N-dealkylation sites (tertiary alicyclic amines) is 1. The Labute approximate surface area is 202 Å². The topological polar surface area (TPSA) is 66.5 Å². The Morgan fingerprint density at radius 1 is 0.941 bits per heavy atom. The summed E-state index contributed by atoms with van der Waals surface area (Å²) in [6.45, 7) is 4.10. The summed E-state index contributed by atoms with van der Waals surface area (Å²) in [5.41, 5.74) is 2.53. The van der Waals surface area contributed by atoms with Gasteiger partial charge in [-0.3, -0.25) is 10.1 Å². The molecular formula is C28H36N3O3+. The number of primary amides is 1. The lowest BCUT2D eigenvalue weighted by molar-refractivity contribution is -0.606. The summed E-state index contributed by atoms with van der Waals surface area (Å²) in [4.78, 5) is 30.0. The summed E-state index contributed by atoms with van der Waals surface area (Å²) in [6, 6.07) is 15.8. The number of carbonyl (C=O) groups is 2. The van der Waals surface area contributed by atoms with Crippen LogP contribution in [0.3, 0.4) is 0 Å². The Balaban J connectivity index is 1.21. The maximum Gasteiger partial charge on any atom is 0.342 e. The van der Waals surface area contributed by atoms with Crippen molar-refractivity contribution in [1.29, 1.82) is 0 Å². The number of hydrogen-bond acceptors (Lipinski definition) is 4. The van der Waals surface area contributed by atoms with Gasteiger partial charge in [0.1, 0.15) is 5.75 Å². The standard InChI is InChI=1S/C28H35N3O3/c32-27-20-34-26-11-5-4-10-25(26)31(27)18-21-12-14-22(15-13-21)28(33)29-24-9-3-2-8-23(24)19-30-16-6-1-7-17-30/h4-5,10-15,23-24H,1-3,6-9,16-20H2,(H,29,33)/p+1/t23-,24?/m0/s1. The fourth-order valence-electron chi connectivity index (χ4n) is 5.73. The summed E-state index contributed by atoms with van der Waals surface area (Å²) in [5, 5.41) is 2.00. The van der Waals surface area contributed by atoms with Gasteiger partial charge in [0.15, 0.2) is 6.61 Å². The van der Waals surface area contributed by atoms with E-state index < -0.39 is 0 Å². The van der Waals surface area contributed by atoms with Gasteiger partial charge < -0.3 is 14.5 Å². The minimum atomic E-state index is -0.0516. The van der Waals surface area contributed by atoms with E-state index >= 15 is 0 Å². The zero-order valence-corrected chi connectivity index (χ0v) is 20.0. The van der Waals surface area contributed by atoms with Gasteiger partial charge in [-0.15, -0.1) is 0 Å². The zero-order valence-electron chi connectivity index (χ0n) is 20.0. The van der Waals surface area contributed by atoms with Crippen LogP contribution in [-0.2, 0) is 11.3 Å². The summed E-state index contributed by atoms with van der Waals surface area (Å²) in [6.07, 6.45) is 8.85. The van der Waals surface area contributed by atoms with Crippen molar-refractivity contribution in [2.45, 2.75) is 57.5 Å². The van der Waals surface area contributed by atoms with Crippen LogP contribution >= 0.6 is 0 Å². The van der Waals surface area contributed by atoms with Crippen molar-refractivity contribution in [3.05, 3.63) is 59.7 Å². The molecule has 2 atom stereocenters. The van der Waals surface area contributed by atoms with E-state index in [1.54, 1.807) is 4.90 Å². The first-order chi connectivity index (χ1) is 16.7. The van der Waals surface area contributed by atoms with Crippen LogP contribution in [0.5, 0.6) is 5.75 Å². The van der Waals surface area contributed by atoms with Gasteiger partial charge in [0.25, 0.3) is 5.91 Å². The minimum absolute atomic E-state index is 0.0516. The molecule has 0 radical (unpaired) electrons. The summed E-state index contributed by atoms with van der Waals surface area (Å²) >= 11 is 0. The Bertz CT molecular complexity index is 1000. The highest BCUT2D eigenvalue weighted by Crippen LogP contribution is 2.32. The number of rotatable bonds is 6. The maximum atomic E-state index is 13.1. The van der Waals surface area contributed by atoms with Gasteiger partial charge in [-0.1, -0.05) is 37.1 Å². The molecule has 0 aromatic heterocycles. The van der Waals surface area contributed by atoms with Gasteiger partial charge >= 0.3 is 5.91 Å². The predicted octanol–water partition coefficient (Wildman–Crippen LogP) is 3.36. The lowest BCUT2D eigenvalue weighted by atomic mass is 9.83. The number of para-hydroxylation sites is 2. The van der Waals surface area contributed by atoms with Gasteiger partial charge in [-0.2, -0.15) is 0 Å². The van der Waals surface area contributed by atoms with Crippen molar-refractivity contribution in [3.63, 3.8) is 0 Å². The third kappa shape index (κ3) is 5.34. The van der Waals surface area contributed by atoms with Crippen LogP contribution in [0.2, 0.25) is 0 Å². The molecule has 0 bridgehead atoms. The smallest absolute Gasteiger partial charge is 0.342 e. The van der Waals surface area contributed by atoms with Gasteiger partial charge in [-0.25, -0.2) is 4.79 Å². The number of fused-ring (bicyclic) bond motifs is 1. The molecule has 180 valence electrons. The lowest BCUT2D eigenvalue weighted by Gasteiger charge is -2.35. The van der Waals surface area contributed by atoms with E-state index in [0.717, 1.165) is 35.5 Å². The molecule has 6 heteroatoms. The fraction of sp³-hybridized carbons (Fsp3) is 0.500. The number of benzene rings is 2. The van der Waals surface area contributed by atoms with E-state index in [-0.39, 0.29) is 18.4 Å². The number of nitrogens with two attached hydrogens (primary N) is 1.